The van der Waals surface area contributed by atoms with Gasteiger partial charge in [-0.3, -0.25) is 9.78 Å². The van der Waals surface area contributed by atoms with Gasteiger partial charge in [0.1, 0.15) is 6.10 Å². The summed E-state index contributed by atoms with van der Waals surface area (Å²) in [6, 6.07) is 11.5. The van der Waals surface area contributed by atoms with Gasteiger partial charge in [0.15, 0.2) is 0 Å². The third-order valence-corrected chi connectivity index (χ3v) is 4.49. The van der Waals surface area contributed by atoms with Crippen molar-refractivity contribution in [1.82, 2.24) is 15.3 Å². The molecule has 24 heavy (non-hydrogen) atoms. The van der Waals surface area contributed by atoms with E-state index < -0.39 is 0 Å². The Balaban J connectivity index is 1.54. The molecule has 0 spiro atoms. The summed E-state index contributed by atoms with van der Waals surface area (Å²) < 4.78 is 5.92. The van der Waals surface area contributed by atoms with Gasteiger partial charge in [0.2, 0.25) is 0 Å². The minimum absolute atomic E-state index is 0.0319. The molecule has 0 bridgehead atoms. The van der Waals surface area contributed by atoms with Gasteiger partial charge in [0.25, 0.3) is 5.91 Å². The highest BCUT2D eigenvalue weighted by atomic mass is 16.5. The average Bonchev–Trinajstić information content (AvgIpc) is 3.10. The Labute approximate surface area is 140 Å². The zero-order valence-electron chi connectivity index (χ0n) is 13.2. The Hall–Kier alpha value is -2.66. The summed E-state index contributed by atoms with van der Waals surface area (Å²) in [6.07, 6.45) is 7.12. The van der Waals surface area contributed by atoms with Crippen LogP contribution in [-0.4, -0.2) is 28.5 Å². The molecule has 3 heterocycles. The normalized spacial score (nSPS) is 20.8. The number of fused-ring (bicyclic) bond motifs is 1. The van der Waals surface area contributed by atoms with Crippen LogP contribution in [0.2, 0.25) is 0 Å². The molecule has 5 nitrogen and oxygen atoms in total. The Morgan fingerprint density at radius 1 is 1.21 bits per heavy atom. The molecule has 1 aliphatic rings. The van der Waals surface area contributed by atoms with Crippen LogP contribution >= 0.6 is 0 Å². The fourth-order valence-electron chi connectivity index (χ4n) is 3.26. The topological polar surface area (TPSA) is 67.0 Å². The number of benzene rings is 1. The van der Waals surface area contributed by atoms with Gasteiger partial charge < -0.3 is 15.0 Å². The second-order valence-electron chi connectivity index (χ2n) is 6.07. The van der Waals surface area contributed by atoms with Crippen molar-refractivity contribution in [3.05, 3.63) is 66.1 Å². The number of hydrogen-bond acceptors (Lipinski definition) is 3. The van der Waals surface area contributed by atoms with Crippen molar-refractivity contribution in [2.45, 2.75) is 25.0 Å². The summed E-state index contributed by atoms with van der Waals surface area (Å²) in [5, 5.41) is 4.18. The standard InChI is InChI=1S/C19H19N3O2/c23-19(15-3-4-16-14(12-15)7-10-21-16)22-17-2-1-11-24-18(17)13-5-8-20-9-6-13/h3-10,12,17-18,21H,1-2,11H2,(H,22,23)/t17-,18+/m0/s1. The van der Waals surface area contributed by atoms with E-state index in [-0.39, 0.29) is 18.1 Å². The number of amides is 1. The van der Waals surface area contributed by atoms with Gasteiger partial charge in [-0.15, -0.1) is 0 Å². The van der Waals surface area contributed by atoms with E-state index in [1.165, 1.54) is 0 Å². The lowest BCUT2D eigenvalue weighted by molar-refractivity contribution is -0.00950. The molecule has 2 N–H and O–H groups in total. The summed E-state index contributed by atoms with van der Waals surface area (Å²) in [5.41, 5.74) is 2.75. The number of pyridine rings is 1. The minimum atomic E-state index is -0.123. The van der Waals surface area contributed by atoms with Crippen LogP contribution in [0, 0.1) is 0 Å². The van der Waals surface area contributed by atoms with Crippen LogP contribution in [0.15, 0.2) is 55.0 Å². The quantitative estimate of drug-likeness (QED) is 0.778. The third kappa shape index (κ3) is 2.90. The lowest BCUT2D eigenvalue weighted by atomic mass is 9.96. The average molecular weight is 321 g/mol. The molecule has 1 saturated heterocycles. The number of nitrogens with zero attached hydrogens (tertiary/aromatic N) is 1. The molecule has 1 aromatic carbocycles. The van der Waals surface area contributed by atoms with Crippen LogP contribution in [0.1, 0.15) is 34.9 Å². The zero-order valence-corrected chi connectivity index (χ0v) is 13.2. The first-order valence-corrected chi connectivity index (χ1v) is 8.21. The minimum Gasteiger partial charge on any atom is -0.371 e. The highest BCUT2D eigenvalue weighted by molar-refractivity contribution is 5.98. The predicted molar refractivity (Wildman–Crippen MR) is 91.7 cm³/mol. The maximum absolute atomic E-state index is 12.7. The van der Waals surface area contributed by atoms with E-state index in [4.69, 9.17) is 4.74 Å². The van der Waals surface area contributed by atoms with E-state index in [1.807, 2.05) is 42.6 Å². The van der Waals surface area contributed by atoms with Gasteiger partial charge >= 0.3 is 0 Å². The second kappa shape index (κ2) is 6.45. The largest absolute Gasteiger partial charge is 0.371 e. The van der Waals surface area contributed by atoms with E-state index in [0.717, 1.165) is 29.3 Å². The highest BCUT2D eigenvalue weighted by Gasteiger charge is 2.29. The van der Waals surface area contributed by atoms with Crippen LogP contribution in [0.5, 0.6) is 0 Å². The van der Waals surface area contributed by atoms with Gasteiger partial charge in [-0.2, -0.15) is 0 Å². The molecule has 4 rings (SSSR count). The predicted octanol–water partition coefficient (Wildman–Crippen LogP) is 3.21. The molecule has 3 aromatic rings. The van der Waals surface area contributed by atoms with Gasteiger partial charge in [-0.1, -0.05) is 0 Å². The number of aromatic nitrogens is 2. The first-order chi connectivity index (χ1) is 11.8. The third-order valence-electron chi connectivity index (χ3n) is 4.49. The smallest absolute Gasteiger partial charge is 0.251 e. The van der Waals surface area contributed by atoms with Gasteiger partial charge in [-0.05, 0) is 54.8 Å². The van der Waals surface area contributed by atoms with E-state index >= 15 is 0 Å². The van der Waals surface area contributed by atoms with Gasteiger partial charge in [0.05, 0.1) is 6.04 Å². The van der Waals surface area contributed by atoms with Crippen molar-refractivity contribution < 1.29 is 9.53 Å². The van der Waals surface area contributed by atoms with E-state index in [9.17, 15) is 4.79 Å². The molecule has 122 valence electrons. The number of aromatic amines is 1. The number of ether oxygens (including phenoxy) is 1. The summed E-state index contributed by atoms with van der Waals surface area (Å²) in [7, 11) is 0. The van der Waals surface area contributed by atoms with Crippen LogP contribution in [0.25, 0.3) is 10.9 Å². The Morgan fingerprint density at radius 3 is 2.96 bits per heavy atom. The highest BCUT2D eigenvalue weighted by Crippen LogP contribution is 2.28. The number of carbonyl (C=O) groups is 1. The molecule has 2 atom stereocenters. The molecule has 5 heteroatoms. The van der Waals surface area contributed by atoms with E-state index in [0.29, 0.717) is 12.2 Å². The van der Waals surface area contributed by atoms with Crippen LogP contribution in [0.4, 0.5) is 0 Å². The molecule has 1 amide bonds. The van der Waals surface area contributed by atoms with Crippen LogP contribution < -0.4 is 5.32 Å². The molecule has 0 saturated carbocycles. The Morgan fingerprint density at radius 2 is 2.08 bits per heavy atom. The molecule has 0 radical (unpaired) electrons. The van der Waals surface area contributed by atoms with Crippen molar-refractivity contribution in [1.29, 1.82) is 0 Å². The summed E-state index contributed by atoms with van der Waals surface area (Å²) in [4.78, 5) is 19.9. The summed E-state index contributed by atoms with van der Waals surface area (Å²) >= 11 is 0. The van der Waals surface area contributed by atoms with Gasteiger partial charge in [-0.25, -0.2) is 0 Å². The van der Waals surface area contributed by atoms with Crippen molar-refractivity contribution >= 4 is 16.8 Å². The summed E-state index contributed by atoms with van der Waals surface area (Å²) in [5.74, 6) is -0.0624. The van der Waals surface area contributed by atoms with Gasteiger partial charge in [0, 0.05) is 41.7 Å². The molecule has 1 fully saturated rings. The SMILES string of the molecule is O=C(N[C@H]1CCCO[C@@H]1c1ccncc1)c1ccc2[nH]ccc2c1. The van der Waals surface area contributed by atoms with Crippen LogP contribution in [-0.2, 0) is 4.74 Å². The number of carbonyl (C=O) groups excluding carboxylic acids is 1. The van der Waals surface area contributed by atoms with Crippen molar-refractivity contribution in [3.63, 3.8) is 0 Å². The number of hydrogen-bond donors (Lipinski definition) is 2. The second-order valence-corrected chi connectivity index (χ2v) is 6.07. The molecule has 1 aliphatic heterocycles. The summed E-state index contributed by atoms with van der Waals surface area (Å²) in [6.45, 7) is 0.717. The first kappa shape index (κ1) is 14.9. The lowest BCUT2D eigenvalue weighted by Crippen LogP contribution is -2.42. The maximum atomic E-state index is 12.7. The maximum Gasteiger partial charge on any atom is 0.251 e. The first-order valence-electron chi connectivity index (χ1n) is 8.21. The number of rotatable bonds is 3. The zero-order chi connectivity index (χ0) is 16.4. The van der Waals surface area contributed by atoms with E-state index in [1.54, 1.807) is 12.4 Å². The van der Waals surface area contributed by atoms with Crippen LogP contribution in [0.3, 0.4) is 0 Å². The Bertz CT molecular complexity index is 844. The lowest BCUT2D eigenvalue weighted by Gasteiger charge is -2.32. The number of H-pyrrole nitrogens is 1. The fourth-order valence-corrected chi connectivity index (χ4v) is 3.26. The molecule has 2 aromatic heterocycles. The fraction of sp³-hybridized carbons (Fsp3) is 0.263. The number of nitrogens with one attached hydrogen (secondary N) is 2. The van der Waals surface area contributed by atoms with E-state index in [2.05, 4.69) is 15.3 Å². The molecule has 0 unspecified atom stereocenters. The Kier molecular flexibility index (Phi) is 4.01. The van der Waals surface area contributed by atoms with Crippen molar-refractivity contribution in [3.8, 4) is 0 Å². The molecular formula is C19H19N3O2. The molecule has 0 aliphatic carbocycles. The van der Waals surface area contributed by atoms with Crippen molar-refractivity contribution in [2.24, 2.45) is 0 Å². The van der Waals surface area contributed by atoms with Crippen molar-refractivity contribution in [2.75, 3.05) is 6.61 Å². The monoisotopic (exact) mass is 321 g/mol. The molecular weight excluding hydrogens is 302 g/mol.